The highest BCUT2D eigenvalue weighted by Crippen LogP contribution is 2.22. The third-order valence-electron chi connectivity index (χ3n) is 4.59. The summed E-state index contributed by atoms with van der Waals surface area (Å²) in [5, 5.41) is 20.9. The van der Waals surface area contributed by atoms with Gasteiger partial charge in [-0.2, -0.15) is 9.67 Å². The minimum Gasteiger partial charge on any atom is -0.391 e. The van der Waals surface area contributed by atoms with E-state index in [1.54, 1.807) is 6.07 Å². The Morgan fingerprint density at radius 2 is 1.93 bits per heavy atom. The Bertz CT molecular complexity index is 897. The summed E-state index contributed by atoms with van der Waals surface area (Å²) in [4.78, 5) is 12.7. The van der Waals surface area contributed by atoms with Gasteiger partial charge in [0.25, 0.3) is 0 Å². The highest BCUT2D eigenvalue weighted by Gasteiger charge is 2.23. The van der Waals surface area contributed by atoms with Crippen molar-refractivity contribution in [2.75, 3.05) is 16.4 Å². The number of rotatable bonds is 5. The van der Waals surface area contributed by atoms with Gasteiger partial charge in [0, 0.05) is 11.8 Å². The fraction of sp³-hybridized carbons (Fsp3) is 0.333. The lowest BCUT2D eigenvalue weighted by Crippen LogP contribution is -2.36. The van der Waals surface area contributed by atoms with E-state index < -0.39 is 0 Å². The zero-order chi connectivity index (χ0) is 18.6. The average molecular weight is 366 g/mol. The molecule has 2 aromatic heterocycles. The van der Waals surface area contributed by atoms with Gasteiger partial charge in [-0.1, -0.05) is 31.0 Å². The zero-order valence-corrected chi connectivity index (χ0v) is 14.8. The Morgan fingerprint density at radius 1 is 1.11 bits per heavy atom. The van der Waals surface area contributed by atoms with E-state index in [1.165, 1.54) is 11.0 Å². The van der Waals surface area contributed by atoms with Gasteiger partial charge in [-0.05, 0) is 25.0 Å². The first kappa shape index (κ1) is 17.2. The van der Waals surface area contributed by atoms with Gasteiger partial charge in [0.15, 0.2) is 5.82 Å². The quantitative estimate of drug-likeness (QED) is 0.541. The third-order valence-corrected chi connectivity index (χ3v) is 4.59. The first-order valence-electron chi connectivity index (χ1n) is 9.01. The Labute approximate surface area is 156 Å². The summed E-state index contributed by atoms with van der Waals surface area (Å²) in [5.41, 5.74) is 6.88. The molecule has 0 unspecified atom stereocenters. The van der Waals surface area contributed by atoms with E-state index in [9.17, 15) is 5.11 Å². The molecule has 3 aromatic rings. The van der Waals surface area contributed by atoms with Crippen LogP contribution in [0.1, 0.15) is 25.7 Å². The molecule has 1 aliphatic rings. The summed E-state index contributed by atoms with van der Waals surface area (Å²) < 4.78 is 1.45. The number of nitrogens with two attached hydrogens (primary N) is 1. The van der Waals surface area contributed by atoms with Crippen LogP contribution < -0.4 is 16.4 Å². The standard InChI is InChI=1S/C18H22N8O/c19-17-24-18(22-12-6-2-1-3-7-12)25-26(17)16-10-15(20-11-21-16)23-13-8-4-5-9-14(13)27/h1-3,6-7,10-11,13-14,27H,4-5,8-9H2,(H,20,21,23)(H3,19,22,24,25)/t13-,14+/m0/s1. The molecule has 0 bridgehead atoms. The van der Waals surface area contributed by atoms with Crippen LogP contribution in [0.5, 0.6) is 0 Å². The molecule has 140 valence electrons. The lowest BCUT2D eigenvalue weighted by Gasteiger charge is -2.28. The van der Waals surface area contributed by atoms with Crippen LogP contribution in [0.2, 0.25) is 0 Å². The number of nitrogens with zero attached hydrogens (tertiary/aromatic N) is 5. The second kappa shape index (κ2) is 7.58. The molecule has 0 amide bonds. The normalized spacial score (nSPS) is 19.6. The second-order valence-corrected chi connectivity index (χ2v) is 6.56. The molecule has 0 radical (unpaired) electrons. The van der Waals surface area contributed by atoms with Crippen LogP contribution in [0.4, 0.5) is 23.4 Å². The first-order chi connectivity index (χ1) is 13.2. The number of aliphatic hydroxyl groups is 1. The number of para-hydroxylation sites is 1. The van der Waals surface area contributed by atoms with Crippen molar-refractivity contribution < 1.29 is 5.11 Å². The first-order valence-corrected chi connectivity index (χ1v) is 9.01. The maximum Gasteiger partial charge on any atom is 0.248 e. The van der Waals surface area contributed by atoms with Crippen molar-refractivity contribution in [2.24, 2.45) is 0 Å². The maximum absolute atomic E-state index is 10.1. The smallest absolute Gasteiger partial charge is 0.248 e. The largest absolute Gasteiger partial charge is 0.391 e. The van der Waals surface area contributed by atoms with Gasteiger partial charge >= 0.3 is 0 Å². The minimum absolute atomic E-state index is 0.00935. The van der Waals surface area contributed by atoms with Gasteiger partial charge in [-0.3, -0.25) is 0 Å². The van der Waals surface area contributed by atoms with E-state index in [-0.39, 0.29) is 18.1 Å². The molecular formula is C18H22N8O. The molecule has 0 saturated heterocycles. The predicted molar refractivity (Wildman–Crippen MR) is 103 cm³/mol. The van der Waals surface area contributed by atoms with Crippen molar-refractivity contribution in [1.82, 2.24) is 24.7 Å². The number of nitrogen functional groups attached to an aromatic ring is 1. The molecule has 1 saturated carbocycles. The Kier molecular flexibility index (Phi) is 4.84. The molecule has 2 atom stereocenters. The molecule has 0 aliphatic heterocycles. The van der Waals surface area contributed by atoms with Crippen molar-refractivity contribution >= 4 is 23.4 Å². The van der Waals surface area contributed by atoms with Crippen molar-refractivity contribution in [1.29, 1.82) is 0 Å². The lowest BCUT2D eigenvalue weighted by molar-refractivity contribution is 0.116. The molecule has 4 rings (SSSR count). The summed E-state index contributed by atoms with van der Waals surface area (Å²) in [6.45, 7) is 0. The molecule has 9 heteroatoms. The van der Waals surface area contributed by atoms with Gasteiger partial charge in [0.2, 0.25) is 11.9 Å². The van der Waals surface area contributed by atoms with Crippen molar-refractivity contribution in [3.8, 4) is 5.82 Å². The van der Waals surface area contributed by atoms with Crippen LogP contribution in [0.15, 0.2) is 42.7 Å². The number of nitrogens with one attached hydrogen (secondary N) is 2. The van der Waals surface area contributed by atoms with E-state index in [0.717, 1.165) is 31.4 Å². The van der Waals surface area contributed by atoms with Crippen LogP contribution >= 0.6 is 0 Å². The van der Waals surface area contributed by atoms with Crippen molar-refractivity contribution in [3.63, 3.8) is 0 Å². The van der Waals surface area contributed by atoms with Gasteiger partial charge in [0.05, 0.1) is 12.1 Å². The Hall–Kier alpha value is -3.20. The number of anilines is 4. The minimum atomic E-state index is -0.365. The maximum atomic E-state index is 10.1. The summed E-state index contributed by atoms with van der Waals surface area (Å²) in [6, 6.07) is 11.3. The van der Waals surface area contributed by atoms with E-state index in [0.29, 0.717) is 17.6 Å². The topological polar surface area (TPSA) is 127 Å². The van der Waals surface area contributed by atoms with Crippen LogP contribution in [0.25, 0.3) is 5.82 Å². The average Bonchev–Trinajstić information content (AvgIpc) is 3.05. The van der Waals surface area contributed by atoms with Crippen LogP contribution in [0, 0.1) is 0 Å². The number of hydrogen-bond donors (Lipinski definition) is 4. The highest BCUT2D eigenvalue weighted by atomic mass is 16.3. The van der Waals surface area contributed by atoms with E-state index in [1.807, 2.05) is 30.3 Å². The van der Waals surface area contributed by atoms with E-state index >= 15 is 0 Å². The lowest BCUT2D eigenvalue weighted by atomic mass is 9.93. The number of hydrogen-bond acceptors (Lipinski definition) is 8. The molecule has 0 spiro atoms. The Morgan fingerprint density at radius 3 is 2.74 bits per heavy atom. The summed E-state index contributed by atoms with van der Waals surface area (Å²) in [7, 11) is 0. The van der Waals surface area contributed by atoms with E-state index in [4.69, 9.17) is 5.73 Å². The third kappa shape index (κ3) is 3.98. The molecule has 5 N–H and O–H groups in total. The fourth-order valence-corrected chi connectivity index (χ4v) is 3.21. The van der Waals surface area contributed by atoms with Crippen LogP contribution in [-0.2, 0) is 0 Å². The summed E-state index contributed by atoms with van der Waals surface area (Å²) >= 11 is 0. The van der Waals surface area contributed by atoms with Crippen LogP contribution in [0.3, 0.4) is 0 Å². The monoisotopic (exact) mass is 366 g/mol. The van der Waals surface area contributed by atoms with Gasteiger partial charge in [0.1, 0.15) is 12.1 Å². The molecular weight excluding hydrogens is 344 g/mol. The van der Waals surface area contributed by atoms with Gasteiger partial charge in [-0.15, -0.1) is 5.10 Å². The van der Waals surface area contributed by atoms with E-state index in [2.05, 4.69) is 30.7 Å². The SMILES string of the molecule is Nc1nc(Nc2ccccc2)nn1-c1cc(N[C@H]2CCCC[C@H]2O)ncn1. The van der Waals surface area contributed by atoms with Crippen molar-refractivity contribution in [3.05, 3.63) is 42.7 Å². The number of aliphatic hydroxyl groups excluding tert-OH is 1. The molecule has 1 fully saturated rings. The van der Waals surface area contributed by atoms with Gasteiger partial charge < -0.3 is 21.5 Å². The number of aromatic nitrogens is 5. The summed E-state index contributed by atoms with van der Waals surface area (Å²) in [5.74, 6) is 1.73. The Balaban J connectivity index is 1.53. The molecule has 1 aromatic carbocycles. The molecule has 9 nitrogen and oxygen atoms in total. The molecule has 1 aliphatic carbocycles. The van der Waals surface area contributed by atoms with Crippen molar-refractivity contribution in [2.45, 2.75) is 37.8 Å². The van der Waals surface area contributed by atoms with Crippen LogP contribution in [-0.4, -0.2) is 42.0 Å². The zero-order valence-electron chi connectivity index (χ0n) is 14.8. The molecule has 2 heterocycles. The van der Waals surface area contributed by atoms with Gasteiger partial charge in [-0.25, -0.2) is 9.97 Å². The second-order valence-electron chi connectivity index (χ2n) is 6.56. The number of benzene rings is 1. The molecule has 27 heavy (non-hydrogen) atoms. The summed E-state index contributed by atoms with van der Waals surface area (Å²) in [6.07, 6.45) is 4.95. The fourth-order valence-electron chi connectivity index (χ4n) is 3.21. The predicted octanol–water partition coefficient (Wildman–Crippen LogP) is 2.10. The highest BCUT2D eigenvalue weighted by molar-refractivity contribution is 5.54.